The molecule has 22 heavy (non-hydrogen) atoms. The van der Waals surface area contributed by atoms with Crippen molar-refractivity contribution in [2.24, 2.45) is 29.6 Å². The van der Waals surface area contributed by atoms with E-state index in [0.717, 1.165) is 42.4 Å². The Labute approximate surface area is 139 Å². The van der Waals surface area contributed by atoms with Crippen LogP contribution >= 0.6 is 0 Å². The number of hydrogen-bond donors (Lipinski definition) is 0. The highest BCUT2D eigenvalue weighted by atomic mass is 16.5. The van der Waals surface area contributed by atoms with Gasteiger partial charge >= 0.3 is 0 Å². The Kier molecular flexibility index (Phi) is 9.01. The molecule has 2 fully saturated rings. The van der Waals surface area contributed by atoms with Crippen molar-refractivity contribution in [2.75, 3.05) is 14.2 Å². The van der Waals surface area contributed by atoms with Crippen LogP contribution in [0.3, 0.4) is 0 Å². The lowest BCUT2D eigenvalue weighted by Gasteiger charge is -2.36. The lowest BCUT2D eigenvalue weighted by Crippen LogP contribution is -2.37. The molecule has 0 bridgehead atoms. The predicted molar refractivity (Wildman–Crippen MR) is 95.1 cm³/mol. The van der Waals surface area contributed by atoms with Gasteiger partial charge in [-0.25, -0.2) is 0 Å². The molecule has 2 saturated carbocycles. The summed E-state index contributed by atoms with van der Waals surface area (Å²) in [4.78, 5) is 0. The summed E-state index contributed by atoms with van der Waals surface area (Å²) in [5.74, 6) is 4.57. The monoisotopic (exact) mass is 312 g/mol. The maximum absolute atomic E-state index is 5.45. The van der Waals surface area contributed by atoms with E-state index in [1.54, 1.807) is 14.2 Å². The molecule has 0 N–H and O–H groups in total. The first kappa shape index (κ1) is 20.0. The molecule has 0 amide bonds. The summed E-state index contributed by atoms with van der Waals surface area (Å²) >= 11 is 0. The average molecular weight is 313 g/mol. The summed E-state index contributed by atoms with van der Waals surface area (Å²) in [7, 11) is 3.58. The smallest absolute Gasteiger partial charge is 0.0835 e. The Balaban J connectivity index is 0.000000235. The minimum absolute atomic E-state index is 0.311. The Morgan fingerprint density at radius 3 is 1.55 bits per heavy atom. The third kappa shape index (κ3) is 6.20. The zero-order chi connectivity index (χ0) is 16.7. The number of rotatable bonds is 4. The van der Waals surface area contributed by atoms with Gasteiger partial charge in [-0.3, -0.25) is 0 Å². The fourth-order valence-corrected chi connectivity index (χ4v) is 4.11. The van der Waals surface area contributed by atoms with Crippen LogP contribution in [0.4, 0.5) is 0 Å². The van der Waals surface area contributed by atoms with Crippen LogP contribution in [0.25, 0.3) is 0 Å². The van der Waals surface area contributed by atoms with Gasteiger partial charge in [0.25, 0.3) is 0 Å². The average Bonchev–Trinajstić information content (AvgIpc) is 2.94. The van der Waals surface area contributed by atoms with E-state index in [0.29, 0.717) is 12.2 Å². The van der Waals surface area contributed by atoms with Crippen molar-refractivity contribution in [3.63, 3.8) is 0 Å². The molecule has 2 aliphatic rings. The van der Waals surface area contributed by atoms with Crippen LogP contribution in [0, 0.1) is 29.6 Å². The molecule has 2 nitrogen and oxygen atoms in total. The van der Waals surface area contributed by atoms with Gasteiger partial charge in [0.2, 0.25) is 0 Å². The van der Waals surface area contributed by atoms with Gasteiger partial charge in [-0.15, -0.1) is 0 Å². The molecule has 0 aromatic heterocycles. The van der Waals surface area contributed by atoms with Gasteiger partial charge < -0.3 is 9.47 Å². The van der Waals surface area contributed by atoms with E-state index in [-0.39, 0.29) is 0 Å². The molecule has 2 unspecified atom stereocenters. The summed E-state index contributed by atoms with van der Waals surface area (Å²) in [5, 5.41) is 0. The van der Waals surface area contributed by atoms with E-state index in [1.165, 1.54) is 25.7 Å². The molecule has 5 atom stereocenters. The Morgan fingerprint density at radius 1 is 0.682 bits per heavy atom. The van der Waals surface area contributed by atoms with Crippen molar-refractivity contribution in [1.82, 2.24) is 0 Å². The van der Waals surface area contributed by atoms with Gasteiger partial charge in [-0.2, -0.15) is 0 Å². The summed E-state index contributed by atoms with van der Waals surface area (Å²) in [6.07, 6.45) is 8.67. The van der Waals surface area contributed by atoms with Crippen molar-refractivity contribution in [3.8, 4) is 0 Å². The first-order chi connectivity index (χ1) is 10.4. The lowest BCUT2D eigenvalue weighted by atomic mass is 9.79. The van der Waals surface area contributed by atoms with Crippen LogP contribution in [0.15, 0.2) is 0 Å². The Bertz CT molecular complexity index is 287. The highest BCUT2D eigenvalue weighted by Gasteiger charge is 2.31. The molecule has 0 aromatic rings. The summed E-state index contributed by atoms with van der Waals surface area (Å²) < 4.78 is 10.8. The standard InChI is InChI=1S/C11H22O2.C9H18/c1-8(2)9-5-6-10(12-3)11(7-9)13-4;1-7(2)9-5-4-8(3)6-9/h8-11H,5-7H2,1-4H3;7-9H,4-6H2,1-3H3/t9-,10?,11-;8?,9-/m11/s1. The molecule has 0 spiro atoms. The van der Waals surface area contributed by atoms with Crippen LogP contribution in [0.2, 0.25) is 0 Å². The second-order valence-corrected chi connectivity index (χ2v) is 8.29. The molecule has 0 saturated heterocycles. The molecular weight excluding hydrogens is 272 g/mol. The third-order valence-corrected chi connectivity index (χ3v) is 6.00. The van der Waals surface area contributed by atoms with E-state index in [9.17, 15) is 0 Å². The zero-order valence-electron chi connectivity index (χ0n) is 16.1. The van der Waals surface area contributed by atoms with Gasteiger partial charge in [-0.05, 0) is 61.7 Å². The van der Waals surface area contributed by atoms with Crippen molar-refractivity contribution in [1.29, 1.82) is 0 Å². The number of ether oxygens (including phenoxy) is 2. The molecule has 0 heterocycles. The maximum atomic E-state index is 5.45. The highest BCUT2D eigenvalue weighted by Crippen LogP contribution is 2.35. The normalized spacial score (nSPS) is 35.6. The van der Waals surface area contributed by atoms with Gasteiger partial charge in [0, 0.05) is 14.2 Å². The maximum Gasteiger partial charge on any atom is 0.0835 e. The van der Waals surface area contributed by atoms with E-state index < -0.39 is 0 Å². The first-order valence-corrected chi connectivity index (χ1v) is 9.44. The van der Waals surface area contributed by atoms with E-state index in [2.05, 4.69) is 34.6 Å². The van der Waals surface area contributed by atoms with Gasteiger partial charge in [0.1, 0.15) is 0 Å². The van der Waals surface area contributed by atoms with E-state index >= 15 is 0 Å². The Morgan fingerprint density at radius 2 is 1.18 bits per heavy atom. The second-order valence-electron chi connectivity index (χ2n) is 8.29. The van der Waals surface area contributed by atoms with Gasteiger partial charge in [0.15, 0.2) is 0 Å². The van der Waals surface area contributed by atoms with E-state index in [1.807, 2.05) is 0 Å². The Hall–Kier alpha value is -0.0800. The van der Waals surface area contributed by atoms with E-state index in [4.69, 9.17) is 9.47 Å². The summed E-state index contributed by atoms with van der Waals surface area (Å²) in [5.41, 5.74) is 0. The molecule has 2 heteroatoms. The van der Waals surface area contributed by atoms with Crippen LogP contribution < -0.4 is 0 Å². The fourth-order valence-electron chi connectivity index (χ4n) is 4.11. The minimum atomic E-state index is 0.311. The van der Waals surface area contributed by atoms with Crippen molar-refractivity contribution < 1.29 is 9.47 Å². The number of methoxy groups -OCH3 is 2. The number of hydrogen-bond acceptors (Lipinski definition) is 2. The SMILES string of the molecule is CC1CC[C@@H](C(C)C)C1.COC1CC[C@@H](C(C)C)C[C@H]1OC. The zero-order valence-corrected chi connectivity index (χ0v) is 16.1. The lowest BCUT2D eigenvalue weighted by molar-refractivity contribution is -0.0750. The predicted octanol–water partition coefficient (Wildman–Crippen LogP) is 5.55. The van der Waals surface area contributed by atoms with Crippen LogP contribution in [-0.4, -0.2) is 26.4 Å². The first-order valence-electron chi connectivity index (χ1n) is 9.44. The van der Waals surface area contributed by atoms with Crippen LogP contribution in [-0.2, 0) is 9.47 Å². The topological polar surface area (TPSA) is 18.5 Å². The molecule has 0 aromatic carbocycles. The molecule has 0 aliphatic heterocycles. The largest absolute Gasteiger partial charge is 0.379 e. The van der Waals surface area contributed by atoms with Crippen molar-refractivity contribution in [2.45, 2.75) is 85.4 Å². The quantitative estimate of drug-likeness (QED) is 0.677. The summed E-state index contributed by atoms with van der Waals surface area (Å²) in [6.45, 7) is 11.7. The molecule has 2 aliphatic carbocycles. The second kappa shape index (κ2) is 9.93. The van der Waals surface area contributed by atoms with Gasteiger partial charge in [0.05, 0.1) is 12.2 Å². The van der Waals surface area contributed by atoms with Gasteiger partial charge in [-0.1, -0.05) is 41.0 Å². The molecule has 0 radical (unpaired) electrons. The summed E-state index contributed by atoms with van der Waals surface area (Å²) in [6, 6.07) is 0. The molecule has 2 rings (SSSR count). The van der Waals surface area contributed by atoms with Crippen LogP contribution in [0.1, 0.15) is 73.1 Å². The van der Waals surface area contributed by atoms with Crippen molar-refractivity contribution in [3.05, 3.63) is 0 Å². The van der Waals surface area contributed by atoms with Crippen molar-refractivity contribution >= 4 is 0 Å². The molecule has 132 valence electrons. The van der Waals surface area contributed by atoms with Crippen LogP contribution in [0.5, 0.6) is 0 Å². The minimum Gasteiger partial charge on any atom is -0.379 e. The molecular formula is C20H40O2. The fraction of sp³-hybridized carbons (Fsp3) is 1.00. The highest BCUT2D eigenvalue weighted by molar-refractivity contribution is 4.82. The third-order valence-electron chi connectivity index (χ3n) is 6.00.